The average molecular weight is 538 g/mol. The van der Waals surface area contributed by atoms with Gasteiger partial charge in [0.2, 0.25) is 10.0 Å². The molecule has 1 fully saturated rings. The van der Waals surface area contributed by atoms with Gasteiger partial charge in [-0.25, -0.2) is 17.5 Å². The predicted molar refractivity (Wildman–Crippen MR) is 150 cm³/mol. The fraction of sp³-hybridized carbons (Fsp3) is 0.400. The highest BCUT2D eigenvalue weighted by molar-refractivity contribution is 7.89. The Hall–Kier alpha value is -2.94. The van der Waals surface area contributed by atoms with Gasteiger partial charge in [0.1, 0.15) is 16.8 Å². The van der Waals surface area contributed by atoms with E-state index in [9.17, 15) is 12.8 Å². The molecule has 1 unspecified atom stereocenters. The monoisotopic (exact) mass is 537 g/mol. The number of halogens is 1. The van der Waals surface area contributed by atoms with Crippen molar-refractivity contribution in [3.63, 3.8) is 0 Å². The first-order valence-electron chi connectivity index (χ1n) is 13.5. The van der Waals surface area contributed by atoms with Crippen LogP contribution in [-0.2, 0) is 16.4 Å². The number of anilines is 1. The number of nitrogens with zero attached hydrogens (tertiary/aromatic N) is 2. The number of hydrogen-bond donors (Lipinski definition) is 1. The second-order valence-electron chi connectivity index (χ2n) is 10.1. The molecule has 2 aliphatic rings. The Balaban J connectivity index is 1.05. The summed E-state index contributed by atoms with van der Waals surface area (Å²) in [6.45, 7) is 5.67. The Morgan fingerprint density at radius 3 is 2.32 bits per heavy atom. The van der Waals surface area contributed by atoms with Crippen molar-refractivity contribution in [2.24, 2.45) is 0 Å². The number of piperazine rings is 1. The standard InChI is InChI=1S/C30H36FN3O3S/c31-26-12-8-24(9-13-26)23-25-10-14-27(15-11-25)34-20-18-33(19-21-34)17-4-16-32-38(35,36)30-7-3-22-37-29-6-2-1-5-28(29)30/h1-2,5-6,8-15,30,32H,3-4,7,16-23H2. The lowest BCUT2D eigenvalue weighted by Crippen LogP contribution is -2.47. The molecular formula is C30H36FN3O3S. The minimum Gasteiger partial charge on any atom is -0.493 e. The van der Waals surface area contributed by atoms with Gasteiger partial charge in [-0.15, -0.1) is 0 Å². The maximum atomic E-state index is 13.1. The van der Waals surface area contributed by atoms with E-state index < -0.39 is 15.3 Å². The maximum absolute atomic E-state index is 13.1. The van der Waals surface area contributed by atoms with Gasteiger partial charge < -0.3 is 9.64 Å². The highest BCUT2D eigenvalue weighted by Gasteiger charge is 2.30. The molecule has 3 aromatic carbocycles. The molecule has 1 N–H and O–H groups in total. The molecule has 0 spiro atoms. The van der Waals surface area contributed by atoms with Crippen LogP contribution in [0.3, 0.4) is 0 Å². The summed E-state index contributed by atoms with van der Waals surface area (Å²) in [6, 6.07) is 22.8. The molecule has 0 bridgehead atoms. The first-order chi connectivity index (χ1) is 18.5. The summed E-state index contributed by atoms with van der Waals surface area (Å²) in [7, 11) is -3.47. The van der Waals surface area contributed by atoms with Crippen LogP contribution in [0.5, 0.6) is 5.75 Å². The topological polar surface area (TPSA) is 61.9 Å². The Bertz CT molecular complexity index is 1290. The van der Waals surface area contributed by atoms with Gasteiger partial charge in [0, 0.05) is 44.0 Å². The first-order valence-corrected chi connectivity index (χ1v) is 15.0. The fourth-order valence-electron chi connectivity index (χ4n) is 5.32. The van der Waals surface area contributed by atoms with Crippen molar-refractivity contribution >= 4 is 15.7 Å². The molecule has 0 aliphatic carbocycles. The number of ether oxygens (including phenoxy) is 1. The average Bonchev–Trinajstić information content (AvgIpc) is 3.17. The highest BCUT2D eigenvalue weighted by Crippen LogP contribution is 2.36. The summed E-state index contributed by atoms with van der Waals surface area (Å²) in [6.07, 6.45) is 2.87. The smallest absolute Gasteiger partial charge is 0.218 e. The number of benzene rings is 3. The second kappa shape index (κ2) is 12.3. The van der Waals surface area contributed by atoms with E-state index in [-0.39, 0.29) is 5.82 Å². The van der Waals surface area contributed by atoms with Gasteiger partial charge in [-0.05, 0) is 73.7 Å². The number of fused-ring (bicyclic) bond motifs is 1. The number of nitrogens with one attached hydrogen (secondary N) is 1. The fourth-order valence-corrected chi connectivity index (χ4v) is 6.95. The van der Waals surface area contributed by atoms with Gasteiger partial charge in [-0.1, -0.05) is 42.5 Å². The number of hydrogen-bond acceptors (Lipinski definition) is 5. The van der Waals surface area contributed by atoms with Crippen molar-refractivity contribution in [2.45, 2.75) is 30.9 Å². The molecule has 0 aromatic heterocycles. The van der Waals surface area contributed by atoms with Crippen molar-refractivity contribution < 1.29 is 17.5 Å². The van der Waals surface area contributed by atoms with E-state index in [1.165, 1.54) is 23.4 Å². The Kier molecular flexibility index (Phi) is 8.61. The summed E-state index contributed by atoms with van der Waals surface area (Å²) in [5, 5.41) is -0.563. The summed E-state index contributed by atoms with van der Waals surface area (Å²) in [5.41, 5.74) is 4.29. The molecule has 2 aliphatic heterocycles. The van der Waals surface area contributed by atoms with Gasteiger partial charge in [0.15, 0.2) is 0 Å². The van der Waals surface area contributed by atoms with Gasteiger partial charge >= 0.3 is 0 Å². The molecule has 5 rings (SSSR count). The minimum atomic E-state index is -3.47. The Morgan fingerprint density at radius 2 is 1.58 bits per heavy atom. The highest BCUT2D eigenvalue weighted by atomic mass is 32.2. The van der Waals surface area contributed by atoms with Crippen LogP contribution in [0, 0.1) is 5.82 Å². The van der Waals surface area contributed by atoms with E-state index in [4.69, 9.17) is 4.74 Å². The molecule has 1 saturated heterocycles. The van der Waals surface area contributed by atoms with Crippen LogP contribution >= 0.6 is 0 Å². The van der Waals surface area contributed by atoms with Crippen LogP contribution in [0.15, 0.2) is 72.8 Å². The SMILES string of the molecule is O=S(=O)(NCCCN1CCN(c2ccc(Cc3ccc(F)cc3)cc2)CC1)C1CCCOc2ccccc21. The third-order valence-corrected chi connectivity index (χ3v) is 9.30. The van der Waals surface area contributed by atoms with Crippen molar-refractivity contribution in [2.75, 3.05) is 50.8 Å². The van der Waals surface area contributed by atoms with Gasteiger partial charge in [0.25, 0.3) is 0 Å². The number of rotatable bonds is 9. The molecule has 0 saturated carbocycles. The zero-order valence-corrected chi connectivity index (χ0v) is 22.5. The lowest BCUT2D eigenvalue weighted by Gasteiger charge is -2.36. The van der Waals surface area contributed by atoms with E-state index in [1.54, 1.807) is 0 Å². The lowest BCUT2D eigenvalue weighted by atomic mass is 10.0. The Morgan fingerprint density at radius 1 is 0.895 bits per heavy atom. The van der Waals surface area contributed by atoms with E-state index in [0.29, 0.717) is 25.3 Å². The maximum Gasteiger partial charge on any atom is 0.218 e. The third kappa shape index (κ3) is 6.73. The molecule has 6 nitrogen and oxygen atoms in total. The minimum absolute atomic E-state index is 0.207. The number of sulfonamides is 1. The molecule has 0 radical (unpaired) electrons. The van der Waals surface area contributed by atoms with E-state index in [0.717, 1.165) is 63.1 Å². The molecule has 2 heterocycles. The Labute approximate surface area is 225 Å². The summed E-state index contributed by atoms with van der Waals surface area (Å²) >= 11 is 0. The summed E-state index contributed by atoms with van der Waals surface area (Å²) in [4.78, 5) is 4.80. The van der Waals surface area contributed by atoms with E-state index in [1.807, 2.05) is 36.4 Å². The third-order valence-electron chi connectivity index (χ3n) is 7.46. The van der Waals surface area contributed by atoms with Crippen LogP contribution in [0.25, 0.3) is 0 Å². The summed E-state index contributed by atoms with van der Waals surface area (Å²) in [5.74, 6) is 0.474. The molecule has 8 heteroatoms. The van der Waals surface area contributed by atoms with E-state index in [2.05, 4.69) is 38.8 Å². The second-order valence-corrected chi connectivity index (χ2v) is 12.1. The van der Waals surface area contributed by atoms with Crippen molar-refractivity contribution in [1.82, 2.24) is 9.62 Å². The van der Waals surface area contributed by atoms with Gasteiger partial charge in [-0.2, -0.15) is 0 Å². The predicted octanol–water partition coefficient (Wildman–Crippen LogP) is 4.76. The molecule has 3 aromatic rings. The molecular weight excluding hydrogens is 501 g/mol. The van der Waals surface area contributed by atoms with Crippen LogP contribution in [0.1, 0.15) is 41.2 Å². The molecule has 38 heavy (non-hydrogen) atoms. The largest absolute Gasteiger partial charge is 0.493 e. The van der Waals surface area contributed by atoms with Crippen molar-refractivity contribution in [1.29, 1.82) is 0 Å². The number of para-hydroxylation sites is 1. The zero-order valence-electron chi connectivity index (χ0n) is 21.7. The summed E-state index contributed by atoms with van der Waals surface area (Å²) < 4.78 is 47.9. The van der Waals surface area contributed by atoms with Crippen molar-refractivity contribution in [3.05, 3.63) is 95.3 Å². The van der Waals surface area contributed by atoms with Gasteiger partial charge in [-0.3, -0.25) is 4.90 Å². The van der Waals surface area contributed by atoms with Gasteiger partial charge in [0.05, 0.1) is 6.61 Å². The van der Waals surface area contributed by atoms with Crippen molar-refractivity contribution in [3.8, 4) is 5.75 Å². The zero-order chi connectivity index (χ0) is 26.4. The normalized spacial score (nSPS) is 18.4. The first kappa shape index (κ1) is 26.7. The van der Waals surface area contributed by atoms with E-state index >= 15 is 0 Å². The molecule has 1 atom stereocenters. The van der Waals surface area contributed by atoms with Crippen LogP contribution in [-0.4, -0.2) is 59.2 Å². The quantitative estimate of drug-likeness (QED) is 0.399. The van der Waals surface area contributed by atoms with Crippen LogP contribution in [0.4, 0.5) is 10.1 Å². The van der Waals surface area contributed by atoms with Crippen LogP contribution < -0.4 is 14.4 Å². The molecule has 0 amide bonds. The molecule has 202 valence electrons. The lowest BCUT2D eigenvalue weighted by molar-refractivity contribution is 0.255. The van der Waals surface area contributed by atoms with Crippen LogP contribution in [0.2, 0.25) is 0 Å².